The third kappa shape index (κ3) is 5.95. The Kier molecular flexibility index (Phi) is 7.01. The Morgan fingerprint density at radius 3 is 2.36 bits per heavy atom. The highest BCUT2D eigenvalue weighted by Crippen LogP contribution is 2.17. The van der Waals surface area contributed by atoms with E-state index in [1.54, 1.807) is 7.11 Å². The molecular weight excluding hydrogens is 316 g/mol. The molecule has 0 saturated carbocycles. The van der Waals surface area contributed by atoms with Gasteiger partial charge in [-0.15, -0.1) is 0 Å². The van der Waals surface area contributed by atoms with Gasteiger partial charge in [-0.3, -0.25) is 4.79 Å². The summed E-state index contributed by atoms with van der Waals surface area (Å²) >= 11 is 0. The standard InChI is InChI=1S/C20H24N2O3/c1-15-7-9-16(10-8-15)18(23)12-14-22-20(24)21-13-11-17-5-3-4-6-19(17)25-2/h3-10H,11-14H2,1-2H3,(H2,21,22,24). The van der Waals surface area contributed by atoms with Gasteiger partial charge in [-0.25, -0.2) is 4.79 Å². The van der Waals surface area contributed by atoms with Gasteiger partial charge in [0.1, 0.15) is 5.75 Å². The maximum atomic E-state index is 12.0. The first-order valence-electron chi connectivity index (χ1n) is 8.33. The van der Waals surface area contributed by atoms with Gasteiger partial charge in [0.15, 0.2) is 5.78 Å². The molecule has 0 aliphatic carbocycles. The normalized spacial score (nSPS) is 10.2. The lowest BCUT2D eigenvalue weighted by Crippen LogP contribution is -2.37. The molecule has 25 heavy (non-hydrogen) atoms. The molecule has 0 unspecified atom stereocenters. The Labute approximate surface area is 148 Å². The van der Waals surface area contributed by atoms with Crippen molar-refractivity contribution in [2.45, 2.75) is 19.8 Å². The molecule has 2 N–H and O–H groups in total. The van der Waals surface area contributed by atoms with Crippen molar-refractivity contribution in [2.24, 2.45) is 0 Å². The third-order valence-electron chi connectivity index (χ3n) is 3.88. The fourth-order valence-electron chi connectivity index (χ4n) is 2.46. The number of benzene rings is 2. The topological polar surface area (TPSA) is 67.4 Å². The second-order valence-corrected chi connectivity index (χ2v) is 5.78. The van der Waals surface area contributed by atoms with Gasteiger partial charge in [-0.2, -0.15) is 0 Å². The van der Waals surface area contributed by atoms with E-state index in [0.29, 0.717) is 25.1 Å². The van der Waals surface area contributed by atoms with Crippen LogP contribution in [0.15, 0.2) is 48.5 Å². The molecule has 2 aromatic carbocycles. The summed E-state index contributed by atoms with van der Waals surface area (Å²) in [4.78, 5) is 23.8. The molecular formula is C20H24N2O3. The van der Waals surface area contributed by atoms with Crippen LogP contribution in [0.5, 0.6) is 5.75 Å². The van der Waals surface area contributed by atoms with Crippen molar-refractivity contribution in [2.75, 3.05) is 20.2 Å². The molecule has 2 aromatic rings. The van der Waals surface area contributed by atoms with E-state index in [2.05, 4.69) is 10.6 Å². The Bertz CT molecular complexity index is 711. The third-order valence-corrected chi connectivity index (χ3v) is 3.88. The van der Waals surface area contributed by atoms with Crippen LogP contribution in [0.1, 0.15) is 27.9 Å². The predicted molar refractivity (Wildman–Crippen MR) is 98.2 cm³/mol. The number of carbonyl (C=O) groups excluding carboxylic acids is 2. The molecule has 2 rings (SSSR count). The largest absolute Gasteiger partial charge is 0.496 e. The summed E-state index contributed by atoms with van der Waals surface area (Å²) in [6, 6.07) is 14.9. The zero-order valence-electron chi connectivity index (χ0n) is 14.7. The van der Waals surface area contributed by atoms with Crippen LogP contribution in [-0.4, -0.2) is 32.0 Å². The monoisotopic (exact) mass is 340 g/mol. The number of nitrogens with one attached hydrogen (secondary N) is 2. The van der Waals surface area contributed by atoms with Gasteiger partial charge in [-0.1, -0.05) is 48.0 Å². The van der Waals surface area contributed by atoms with Crippen molar-refractivity contribution >= 4 is 11.8 Å². The van der Waals surface area contributed by atoms with Crippen molar-refractivity contribution in [1.29, 1.82) is 0 Å². The van der Waals surface area contributed by atoms with Crippen molar-refractivity contribution in [3.63, 3.8) is 0 Å². The Morgan fingerprint density at radius 1 is 0.960 bits per heavy atom. The van der Waals surface area contributed by atoms with E-state index in [1.807, 2.05) is 55.5 Å². The number of rotatable bonds is 8. The molecule has 0 aliphatic rings. The molecule has 0 heterocycles. The maximum absolute atomic E-state index is 12.0. The van der Waals surface area contributed by atoms with Gasteiger partial charge in [0.25, 0.3) is 0 Å². The molecule has 5 nitrogen and oxygen atoms in total. The van der Waals surface area contributed by atoms with Crippen LogP contribution in [0.25, 0.3) is 0 Å². The lowest BCUT2D eigenvalue weighted by molar-refractivity contribution is 0.0983. The van der Waals surface area contributed by atoms with Gasteiger partial charge < -0.3 is 15.4 Å². The van der Waals surface area contributed by atoms with E-state index in [9.17, 15) is 9.59 Å². The highest BCUT2D eigenvalue weighted by atomic mass is 16.5. The first kappa shape index (κ1) is 18.5. The summed E-state index contributed by atoms with van der Waals surface area (Å²) in [7, 11) is 1.63. The van der Waals surface area contributed by atoms with Crippen LogP contribution < -0.4 is 15.4 Å². The number of ether oxygens (including phenoxy) is 1. The van der Waals surface area contributed by atoms with Gasteiger partial charge in [0, 0.05) is 25.1 Å². The van der Waals surface area contributed by atoms with Crippen molar-refractivity contribution in [3.8, 4) is 5.75 Å². The lowest BCUT2D eigenvalue weighted by Gasteiger charge is -2.10. The summed E-state index contributed by atoms with van der Waals surface area (Å²) in [6.45, 7) is 2.79. The number of ketones is 1. The second kappa shape index (κ2) is 9.47. The van der Waals surface area contributed by atoms with Gasteiger partial charge in [-0.05, 0) is 25.0 Å². The van der Waals surface area contributed by atoms with Crippen LogP contribution in [-0.2, 0) is 6.42 Å². The van der Waals surface area contributed by atoms with E-state index in [0.717, 1.165) is 16.9 Å². The van der Waals surface area contributed by atoms with Crippen LogP contribution in [0.4, 0.5) is 4.79 Å². The molecule has 0 saturated heterocycles. The Hall–Kier alpha value is -2.82. The molecule has 0 atom stereocenters. The maximum Gasteiger partial charge on any atom is 0.314 e. The predicted octanol–water partition coefficient (Wildman–Crippen LogP) is 3.12. The molecule has 0 radical (unpaired) electrons. The van der Waals surface area contributed by atoms with E-state index in [-0.39, 0.29) is 18.2 Å². The minimum absolute atomic E-state index is 0.0225. The first-order valence-corrected chi connectivity index (χ1v) is 8.33. The fraction of sp³-hybridized carbons (Fsp3) is 0.300. The van der Waals surface area contributed by atoms with Crippen LogP contribution in [0.3, 0.4) is 0 Å². The number of hydrogen-bond acceptors (Lipinski definition) is 3. The lowest BCUT2D eigenvalue weighted by atomic mass is 10.1. The highest BCUT2D eigenvalue weighted by molar-refractivity contribution is 5.96. The summed E-state index contributed by atoms with van der Waals surface area (Å²) in [5.74, 6) is 0.836. The first-order chi connectivity index (χ1) is 12.1. The molecule has 0 aromatic heterocycles. The SMILES string of the molecule is COc1ccccc1CCNC(=O)NCCC(=O)c1ccc(C)cc1. The molecule has 5 heteroatoms. The summed E-state index contributed by atoms with van der Waals surface area (Å²) in [5, 5.41) is 5.49. The number of methoxy groups -OCH3 is 1. The molecule has 2 amide bonds. The fourth-order valence-corrected chi connectivity index (χ4v) is 2.46. The smallest absolute Gasteiger partial charge is 0.314 e. The number of para-hydroxylation sites is 1. The average Bonchev–Trinajstić information content (AvgIpc) is 2.62. The highest BCUT2D eigenvalue weighted by Gasteiger charge is 2.07. The number of aryl methyl sites for hydroxylation is 1. The molecule has 0 fully saturated rings. The minimum atomic E-state index is -0.272. The number of hydrogen-bond donors (Lipinski definition) is 2. The van der Waals surface area contributed by atoms with Crippen LogP contribution >= 0.6 is 0 Å². The van der Waals surface area contributed by atoms with Crippen LogP contribution in [0.2, 0.25) is 0 Å². The number of urea groups is 1. The second-order valence-electron chi connectivity index (χ2n) is 5.78. The van der Waals surface area contributed by atoms with Gasteiger partial charge in [0.2, 0.25) is 0 Å². The molecule has 0 aliphatic heterocycles. The molecule has 0 spiro atoms. The Morgan fingerprint density at radius 2 is 1.64 bits per heavy atom. The van der Waals surface area contributed by atoms with Gasteiger partial charge >= 0.3 is 6.03 Å². The van der Waals surface area contributed by atoms with Crippen molar-refractivity contribution in [1.82, 2.24) is 10.6 Å². The minimum Gasteiger partial charge on any atom is -0.496 e. The summed E-state index contributed by atoms with van der Waals surface area (Å²) < 4.78 is 5.28. The summed E-state index contributed by atoms with van der Waals surface area (Å²) in [5.41, 5.74) is 2.83. The zero-order valence-corrected chi connectivity index (χ0v) is 14.7. The number of carbonyl (C=O) groups is 2. The number of Topliss-reactive ketones (excluding diaryl/α,β-unsaturated/α-hetero) is 1. The van der Waals surface area contributed by atoms with E-state index in [4.69, 9.17) is 4.74 Å². The van der Waals surface area contributed by atoms with Crippen molar-refractivity contribution < 1.29 is 14.3 Å². The summed E-state index contributed by atoms with van der Waals surface area (Å²) in [6.07, 6.45) is 0.961. The van der Waals surface area contributed by atoms with E-state index >= 15 is 0 Å². The zero-order chi connectivity index (χ0) is 18.1. The molecule has 0 bridgehead atoms. The molecule has 132 valence electrons. The van der Waals surface area contributed by atoms with Gasteiger partial charge in [0.05, 0.1) is 7.11 Å². The van der Waals surface area contributed by atoms with E-state index in [1.165, 1.54) is 0 Å². The average molecular weight is 340 g/mol. The number of amides is 2. The van der Waals surface area contributed by atoms with Crippen LogP contribution in [0, 0.1) is 6.92 Å². The van der Waals surface area contributed by atoms with Crippen molar-refractivity contribution in [3.05, 3.63) is 65.2 Å². The quantitative estimate of drug-likeness (QED) is 0.726. The van der Waals surface area contributed by atoms with E-state index < -0.39 is 0 Å². The Balaban J connectivity index is 1.67.